The summed E-state index contributed by atoms with van der Waals surface area (Å²) in [7, 11) is 0. The number of phenols is 2. The number of nitrogens with one attached hydrogen (secondary N) is 1. The molecule has 0 aliphatic rings. The first-order valence-electron chi connectivity index (χ1n) is 10.6. The Bertz CT molecular complexity index is 1420. The van der Waals surface area contributed by atoms with Crippen LogP contribution in [0.4, 0.5) is 11.4 Å². The van der Waals surface area contributed by atoms with E-state index in [-0.39, 0.29) is 23.0 Å². The molecule has 0 bridgehead atoms. The van der Waals surface area contributed by atoms with Gasteiger partial charge < -0.3 is 15.2 Å². The molecule has 0 spiro atoms. The van der Waals surface area contributed by atoms with E-state index in [0.29, 0.717) is 45.6 Å². The largest absolute Gasteiger partial charge is 0.507 e. The number of hydrogen-bond donors (Lipinski definition) is 3. The predicted molar refractivity (Wildman–Crippen MR) is 132 cm³/mol. The zero-order chi connectivity index (χ0) is 23.4. The first-order valence-corrected chi connectivity index (χ1v) is 10.6. The molecule has 0 aliphatic carbocycles. The van der Waals surface area contributed by atoms with E-state index in [9.17, 15) is 15.0 Å². The number of aromatic hydroxyl groups is 2. The van der Waals surface area contributed by atoms with E-state index in [1.54, 1.807) is 60.8 Å². The Balaban J connectivity index is 1.84. The number of aromatic amines is 1. The molecule has 1 aromatic heterocycles. The Kier molecular flexibility index (Phi) is 6.31. The van der Waals surface area contributed by atoms with Crippen molar-refractivity contribution < 1.29 is 10.2 Å². The van der Waals surface area contributed by atoms with E-state index in [1.165, 1.54) is 6.21 Å². The van der Waals surface area contributed by atoms with Crippen LogP contribution in [-0.4, -0.2) is 32.6 Å². The molecule has 0 saturated heterocycles. The maximum absolute atomic E-state index is 12.5. The first kappa shape index (κ1) is 22.0. The quantitative estimate of drug-likeness (QED) is 0.365. The van der Waals surface area contributed by atoms with Gasteiger partial charge in [-0.15, -0.1) is 0 Å². The fourth-order valence-electron chi connectivity index (χ4n) is 3.35. The molecule has 0 fully saturated rings. The molecule has 0 atom stereocenters. The van der Waals surface area contributed by atoms with Crippen LogP contribution in [-0.2, 0) is 6.42 Å². The van der Waals surface area contributed by atoms with Gasteiger partial charge >= 0.3 is 0 Å². The van der Waals surface area contributed by atoms with E-state index < -0.39 is 0 Å². The van der Waals surface area contributed by atoms with Gasteiger partial charge in [-0.1, -0.05) is 38.1 Å². The molecule has 0 radical (unpaired) electrons. The van der Waals surface area contributed by atoms with Crippen LogP contribution < -0.4 is 5.56 Å². The molecule has 0 amide bonds. The van der Waals surface area contributed by atoms with Crippen molar-refractivity contribution >= 4 is 34.8 Å². The van der Waals surface area contributed by atoms with Crippen LogP contribution in [0.1, 0.15) is 30.7 Å². The van der Waals surface area contributed by atoms with Gasteiger partial charge in [-0.2, -0.15) is 0 Å². The van der Waals surface area contributed by atoms with Crippen molar-refractivity contribution in [2.75, 3.05) is 0 Å². The van der Waals surface area contributed by atoms with Crippen LogP contribution >= 0.6 is 0 Å². The molecule has 7 heteroatoms. The summed E-state index contributed by atoms with van der Waals surface area (Å²) >= 11 is 0. The summed E-state index contributed by atoms with van der Waals surface area (Å²) in [6.45, 7) is 4.06. The minimum atomic E-state index is -0.225. The molecule has 3 aromatic carbocycles. The Morgan fingerprint density at radius 1 is 0.909 bits per heavy atom. The minimum Gasteiger partial charge on any atom is -0.507 e. The van der Waals surface area contributed by atoms with Crippen LogP contribution in [0.3, 0.4) is 0 Å². The molecule has 3 N–H and O–H groups in total. The van der Waals surface area contributed by atoms with E-state index in [1.807, 2.05) is 19.9 Å². The monoisotopic (exact) mass is 440 g/mol. The molecule has 166 valence electrons. The highest BCUT2D eigenvalue weighted by molar-refractivity contribution is 5.93. The van der Waals surface area contributed by atoms with Crippen molar-refractivity contribution in [3.05, 3.63) is 87.8 Å². The average Bonchev–Trinajstić information content (AvgIpc) is 2.78. The van der Waals surface area contributed by atoms with Crippen molar-refractivity contribution in [3.63, 3.8) is 0 Å². The predicted octanol–water partition coefficient (Wildman–Crippen LogP) is 5.03. The normalized spacial score (nSPS) is 11.8. The van der Waals surface area contributed by atoms with Crippen molar-refractivity contribution in [3.8, 4) is 11.5 Å². The summed E-state index contributed by atoms with van der Waals surface area (Å²) in [5, 5.41) is 20.1. The molecular formula is C26H24N4O3. The second kappa shape index (κ2) is 9.48. The van der Waals surface area contributed by atoms with Crippen LogP contribution in [0.15, 0.2) is 75.4 Å². The Morgan fingerprint density at radius 2 is 1.45 bits per heavy atom. The highest BCUT2D eigenvalue weighted by Crippen LogP contribution is 2.32. The van der Waals surface area contributed by atoms with E-state index >= 15 is 0 Å². The van der Waals surface area contributed by atoms with Crippen LogP contribution in [0.5, 0.6) is 11.5 Å². The molecular weight excluding hydrogens is 416 g/mol. The average molecular weight is 441 g/mol. The van der Waals surface area contributed by atoms with Gasteiger partial charge in [0.05, 0.1) is 22.4 Å². The molecule has 0 aliphatic heterocycles. The van der Waals surface area contributed by atoms with Gasteiger partial charge in [-0.25, -0.2) is 4.98 Å². The second-order valence-corrected chi connectivity index (χ2v) is 8.10. The summed E-state index contributed by atoms with van der Waals surface area (Å²) in [5.74, 6) is 0.509. The van der Waals surface area contributed by atoms with Gasteiger partial charge in [0.1, 0.15) is 17.2 Å². The van der Waals surface area contributed by atoms with Crippen LogP contribution in [0, 0.1) is 5.92 Å². The maximum Gasteiger partial charge on any atom is 0.270 e. The van der Waals surface area contributed by atoms with Crippen LogP contribution in [0.25, 0.3) is 11.0 Å². The number of para-hydroxylation sites is 2. The van der Waals surface area contributed by atoms with Crippen LogP contribution in [0.2, 0.25) is 0 Å². The van der Waals surface area contributed by atoms with Crippen molar-refractivity contribution in [2.45, 2.75) is 20.3 Å². The molecule has 0 saturated carbocycles. The van der Waals surface area contributed by atoms with Gasteiger partial charge in [0.15, 0.2) is 0 Å². The fourth-order valence-corrected chi connectivity index (χ4v) is 3.35. The van der Waals surface area contributed by atoms with Gasteiger partial charge in [0.2, 0.25) is 0 Å². The van der Waals surface area contributed by atoms with Gasteiger partial charge in [-0.3, -0.25) is 14.8 Å². The van der Waals surface area contributed by atoms with Crippen molar-refractivity contribution in [1.29, 1.82) is 0 Å². The zero-order valence-corrected chi connectivity index (χ0v) is 18.4. The second-order valence-electron chi connectivity index (χ2n) is 8.10. The summed E-state index contributed by atoms with van der Waals surface area (Å²) < 4.78 is 0. The molecule has 7 nitrogen and oxygen atoms in total. The third-order valence-electron chi connectivity index (χ3n) is 5.02. The third kappa shape index (κ3) is 5.15. The summed E-state index contributed by atoms with van der Waals surface area (Å²) in [4.78, 5) is 29.0. The molecule has 0 unspecified atom stereocenters. The number of fused-ring (bicyclic) bond motifs is 1. The Morgan fingerprint density at radius 3 is 2.00 bits per heavy atom. The number of rotatable bonds is 6. The molecule has 4 rings (SSSR count). The number of hydrogen-bond acceptors (Lipinski definition) is 6. The lowest BCUT2D eigenvalue weighted by Gasteiger charge is -2.08. The summed E-state index contributed by atoms with van der Waals surface area (Å²) in [5.41, 5.74) is 3.47. The summed E-state index contributed by atoms with van der Waals surface area (Å²) in [6, 6.07) is 17.2. The topological polar surface area (TPSA) is 111 Å². The molecule has 4 aromatic rings. The highest BCUT2D eigenvalue weighted by atomic mass is 16.3. The van der Waals surface area contributed by atoms with E-state index in [4.69, 9.17) is 0 Å². The zero-order valence-electron chi connectivity index (χ0n) is 18.4. The number of phenolic OH excluding ortho intramolecular Hbond substituents is 2. The van der Waals surface area contributed by atoms with Gasteiger partial charge in [0.25, 0.3) is 5.56 Å². The maximum atomic E-state index is 12.5. The lowest BCUT2D eigenvalue weighted by atomic mass is 10.1. The number of H-pyrrole nitrogens is 1. The number of nitrogens with zero attached hydrogens (tertiary/aromatic N) is 3. The highest BCUT2D eigenvalue weighted by Gasteiger charge is 2.11. The Hall–Kier alpha value is -4.26. The Labute approximate surface area is 190 Å². The number of aromatic nitrogens is 2. The summed E-state index contributed by atoms with van der Waals surface area (Å²) in [6.07, 6.45) is 3.65. The minimum absolute atomic E-state index is 0.106. The number of benzene rings is 3. The van der Waals surface area contributed by atoms with Crippen molar-refractivity contribution in [1.82, 2.24) is 9.97 Å². The lowest BCUT2D eigenvalue weighted by Crippen LogP contribution is -2.17. The number of aliphatic imine (C=N–C) groups is 2. The third-order valence-corrected chi connectivity index (χ3v) is 5.02. The van der Waals surface area contributed by atoms with E-state index in [2.05, 4.69) is 20.0 Å². The van der Waals surface area contributed by atoms with Gasteiger partial charge in [-0.05, 0) is 48.7 Å². The SMILES string of the molecule is CC(C)Cc1nc2cc(N=Cc3ccccc3O)c(N=Cc3ccccc3O)cc2[nH]c1=O. The molecule has 1 heterocycles. The first-order chi connectivity index (χ1) is 15.9. The standard InChI is InChI=1S/C26H24N4O3/c1-16(2)11-23-26(33)30-22-13-20(28-15-18-8-4-6-10-25(18)32)19(12-21(22)29-23)27-14-17-7-3-5-9-24(17)31/h3-10,12-16,31-32H,11H2,1-2H3,(H,30,33). The fraction of sp³-hybridized carbons (Fsp3) is 0.154. The van der Waals surface area contributed by atoms with E-state index in [0.717, 1.165) is 0 Å². The van der Waals surface area contributed by atoms with Gasteiger partial charge in [0, 0.05) is 23.6 Å². The lowest BCUT2D eigenvalue weighted by molar-refractivity contribution is 0.474. The van der Waals surface area contributed by atoms with Crippen molar-refractivity contribution in [2.24, 2.45) is 15.9 Å². The molecule has 33 heavy (non-hydrogen) atoms. The smallest absolute Gasteiger partial charge is 0.270 e.